The molecule has 1 atom stereocenters. The number of benzene rings is 1. The van der Waals surface area contributed by atoms with E-state index in [-0.39, 0.29) is 17.5 Å². The van der Waals surface area contributed by atoms with Crippen molar-refractivity contribution in [2.75, 3.05) is 31.6 Å². The molecule has 1 amide bonds. The van der Waals surface area contributed by atoms with Crippen molar-refractivity contribution in [3.8, 4) is 5.75 Å². The van der Waals surface area contributed by atoms with Gasteiger partial charge in [0.1, 0.15) is 0 Å². The fourth-order valence-electron chi connectivity index (χ4n) is 3.31. The summed E-state index contributed by atoms with van der Waals surface area (Å²) < 4.78 is 5.03. The number of rotatable bonds is 4. The van der Waals surface area contributed by atoms with Gasteiger partial charge in [-0.25, -0.2) is 4.79 Å². The van der Waals surface area contributed by atoms with Crippen LogP contribution in [-0.2, 0) is 0 Å². The predicted molar refractivity (Wildman–Crippen MR) is 98.0 cm³/mol. The van der Waals surface area contributed by atoms with E-state index in [2.05, 4.69) is 14.9 Å². The molecular formula is C18H22N4O4. The molecule has 1 fully saturated rings. The Labute approximate surface area is 150 Å². The topological polar surface area (TPSA) is 98.5 Å². The first-order chi connectivity index (χ1) is 12.5. The summed E-state index contributed by atoms with van der Waals surface area (Å²) in [6.45, 7) is 3.85. The zero-order valence-electron chi connectivity index (χ0n) is 14.8. The maximum absolute atomic E-state index is 13.0. The summed E-state index contributed by atoms with van der Waals surface area (Å²) in [6.07, 6.45) is 0.755. The highest BCUT2D eigenvalue weighted by Gasteiger charge is 2.32. The molecule has 3 rings (SSSR count). The molecule has 1 aromatic carbocycles. The Bertz CT molecular complexity index is 890. The van der Waals surface area contributed by atoms with Crippen LogP contribution in [0.5, 0.6) is 5.75 Å². The first-order valence-electron chi connectivity index (χ1n) is 8.56. The van der Waals surface area contributed by atoms with Crippen LogP contribution in [0, 0.1) is 0 Å². The van der Waals surface area contributed by atoms with Crippen molar-refractivity contribution in [1.29, 1.82) is 0 Å². The Balaban J connectivity index is 1.87. The highest BCUT2D eigenvalue weighted by Crippen LogP contribution is 2.22. The van der Waals surface area contributed by atoms with Gasteiger partial charge in [-0.1, -0.05) is 25.1 Å². The molecule has 0 saturated carbocycles. The number of aromatic nitrogens is 2. The third kappa shape index (κ3) is 3.35. The van der Waals surface area contributed by atoms with E-state index in [1.54, 1.807) is 4.90 Å². The molecule has 1 aliphatic heterocycles. The number of ether oxygens (including phenoxy) is 1. The van der Waals surface area contributed by atoms with Crippen molar-refractivity contribution < 1.29 is 9.53 Å². The summed E-state index contributed by atoms with van der Waals surface area (Å²) in [5.74, 6) is -0.570. The normalized spacial score (nSPS) is 17.2. The molecule has 0 radical (unpaired) electrons. The molecular weight excluding hydrogens is 336 g/mol. The van der Waals surface area contributed by atoms with E-state index in [1.165, 1.54) is 7.11 Å². The number of methoxy groups -OCH3 is 1. The fourth-order valence-corrected chi connectivity index (χ4v) is 3.31. The van der Waals surface area contributed by atoms with Gasteiger partial charge in [-0.3, -0.25) is 19.6 Å². The van der Waals surface area contributed by atoms with Gasteiger partial charge in [-0.15, -0.1) is 0 Å². The number of hydrogen-bond donors (Lipinski definition) is 2. The molecule has 2 heterocycles. The van der Waals surface area contributed by atoms with E-state index in [0.717, 1.165) is 12.1 Å². The molecule has 0 aliphatic carbocycles. The first-order valence-corrected chi connectivity index (χ1v) is 8.56. The fraction of sp³-hybridized carbons (Fsp3) is 0.389. The van der Waals surface area contributed by atoms with Crippen LogP contribution in [-0.4, -0.2) is 53.6 Å². The van der Waals surface area contributed by atoms with Crippen LogP contribution in [0.1, 0.15) is 23.8 Å². The Hall–Kier alpha value is -3.03. The second-order valence-corrected chi connectivity index (χ2v) is 6.16. The lowest BCUT2D eigenvalue weighted by Crippen LogP contribution is -2.55. The van der Waals surface area contributed by atoms with E-state index in [0.29, 0.717) is 19.6 Å². The van der Waals surface area contributed by atoms with Crippen LogP contribution >= 0.6 is 0 Å². The monoisotopic (exact) mass is 358 g/mol. The summed E-state index contributed by atoms with van der Waals surface area (Å²) in [4.78, 5) is 44.9. The van der Waals surface area contributed by atoms with E-state index >= 15 is 0 Å². The Kier molecular flexibility index (Phi) is 5.11. The molecule has 138 valence electrons. The molecule has 1 aromatic heterocycles. The van der Waals surface area contributed by atoms with Crippen molar-refractivity contribution in [2.24, 2.45) is 0 Å². The molecule has 1 unspecified atom stereocenters. The number of carbonyl (C=O) groups excluding carboxylic acids is 1. The van der Waals surface area contributed by atoms with E-state index < -0.39 is 17.2 Å². The quantitative estimate of drug-likeness (QED) is 0.843. The lowest BCUT2D eigenvalue weighted by atomic mass is 10.1. The highest BCUT2D eigenvalue weighted by molar-refractivity contribution is 5.95. The minimum atomic E-state index is -0.727. The van der Waals surface area contributed by atoms with Gasteiger partial charge in [0.05, 0.1) is 7.11 Å². The number of piperazine rings is 1. The van der Waals surface area contributed by atoms with Gasteiger partial charge < -0.3 is 14.5 Å². The second-order valence-electron chi connectivity index (χ2n) is 6.16. The molecule has 0 bridgehead atoms. The van der Waals surface area contributed by atoms with E-state index in [9.17, 15) is 14.4 Å². The Morgan fingerprint density at radius 3 is 2.58 bits per heavy atom. The smallest absolute Gasteiger partial charge is 0.326 e. The molecule has 0 spiro atoms. The average Bonchev–Trinajstić information content (AvgIpc) is 2.67. The van der Waals surface area contributed by atoms with Gasteiger partial charge in [0.15, 0.2) is 5.69 Å². The zero-order chi connectivity index (χ0) is 18.7. The van der Waals surface area contributed by atoms with Crippen molar-refractivity contribution in [1.82, 2.24) is 14.9 Å². The summed E-state index contributed by atoms with van der Waals surface area (Å²) in [6, 6.07) is 9.99. The Morgan fingerprint density at radius 2 is 1.92 bits per heavy atom. The van der Waals surface area contributed by atoms with Crippen LogP contribution < -0.4 is 20.9 Å². The van der Waals surface area contributed by atoms with Gasteiger partial charge in [0, 0.05) is 31.4 Å². The number of H-pyrrole nitrogens is 2. The molecule has 8 nitrogen and oxygen atoms in total. The predicted octanol–water partition coefficient (Wildman–Crippen LogP) is 0.813. The van der Waals surface area contributed by atoms with Crippen LogP contribution in [0.4, 0.5) is 5.69 Å². The van der Waals surface area contributed by atoms with Crippen LogP contribution in [0.15, 0.2) is 39.9 Å². The number of amides is 1. The maximum Gasteiger partial charge on any atom is 0.326 e. The summed E-state index contributed by atoms with van der Waals surface area (Å²) in [7, 11) is 1.30. The number of aromatic amines is 2. The SMILES string of the molecule is CCC1CN(c2ccccc2)CCN1C(=O)c1[nH]c(=O)[nH]c(=O)c1OC. The van der Waals surface area contributed by atoms with Crippen molar-refractivity contribution in [3.63, 3.8) is 0 Å². The van der Waals surface area contributed by atoms with Crippen LogP contribution in [0.3, 0.4) is 0 Å². The first kappa shape index (κ1) is 17.8. The number of nitrogens with zero attached hydrogens (tertiary/aromatic N) is 2. The average molecular weight is 358 g/mol. The summed E-state index contributed by atoms with van der Waals surface area (Å²) in [5.41, 5.74) is -0.432. The van der Waals surface area contributed by atoms with Gasteiger partial charge >= 0.3 is 5.69 Å². The molecule has 26 heavy (non-hydrogen) atoms. The van der Waals surface area contributed by atoms with Crippen molar-refractivity contribution in [2.45, 2.75) is 19.4 Å². The van der Waals surface area contributed by atoms with E-state index in [1.807, 2.05) is 37.3 Å². The lowest BCUT2D eigenvalue weighted by molar-refractivity contribution is 0.0641. The maximum atomic E-state index is 13.0. The molecule has 2 aromatic rings. The Morgan fingerprint density at radius 1 is 1.19 bits per heavy atom. The minimum Gasteiger partial charge on any atom is -0.489 e. The molecule has 8 heteroatoms. The van der Waals surface area contributed by atoms with Gasteiger partial charge in [-0.05, 0) is 18.6 Å². The number of para-hydroxylation sites is 1. The van der Waals surface area contributed by atoms with E-state index in [4.69, 9.17) is 4.74 Å². The molecule has 2 N–H and O–H groups in total. The van der Waals surface area contributed by atoms with Crippen LogP contribution in [0.2, 0.25) is 0 Å². The highest BCUT2D eigenvalue weighted by atomic mass is 16.5. The second kappa shape index (κ2) is 7.47. The minimum absolute atomic E-state index is 0.0380. The third-order valence-corrected chi connectivity index (χ3v) is 4.65. The van der Waals surface area contributed by atoms with Gasteiger partial charge in [0.2, 0.25) is 5.75 Å². The van der Waals surface area contributed by atoms with Gasteiger partial charge in [-0.2, -0.15) is 0 Å². The lowest BCUT2D eigenvalue weighted by Gasteiger charge is -2.42. The zero-order valence-corrected chi connectivity index (χ0v) is 14.8. The summed E-state index contributed by atoms with van der Waals surface area (Å²) in [5, 5.41) is 0. The number of nitrogens with one attached hydrogen (secondary N) is 2. The number of hydrogen-bond acceptors (Lipinski definition) is 5. The molecule has 1 saturated heterocycles. The number of carbonyl (C=O) groups is 1. The largest absolute Gasteiger partial charge is 0.489 e. The van der Waals surface area contributed by atoms with Crippen molar-refractivity contribution >= 4 is 11.6 Å². The molecule has 1 aliphatic rings. The van der Waals surface area contributed by atoms with Crippen LogP contribution in [0.25, 0.3) is 0 Å². The number of anilines is 1. The summed E-state index contributed by atoms with van der Waals surface area (Å²) >= 11 is 0. The van der Waals surface area contributed by atoms with Gasteiger partial charge in [0.25, 0.3) is 11.5 Å². The third-order valence-electron chi connectivity index (χ3n) is 4.65. The van der Waals surface area contributed by atoms with Crippen molar-refractivity contribution in [3.05, 3.63) is 56.9 Å². The standard InChI is InChI=1S/C18H22N4O4/c1-3-12-11-21(13-7-5-4-6-8-13)9-10-22(12)17(24)14-15(26-2)16(23)20-18(25)19-14/h4-8,12H,3,9-11H2,1-2H3,(H2,19,20,23,25).